The number of rotatable bonds is 2. The Kier molecular flexibility index (Phi) is 3.27. The molecule has 0 amide bonds. The molecule has 2 rings (SSSR count). The number of aromatic nitrogens is 2. The molecule has 0 saturated heterocycles. The van der Waals surface area contributed by atoms with Crippen molar-refractivity contribution in [1.29, 1.82) is 0 Å². The van der Waals surface area contributed by atoms with Crippen LogP contribution in [0.2, 0.25) is 0 Å². The third-order valence-corrected chi connectivity index (χ3v) is 3.42. The standard InChI is InChI=1S/C12H20N4/c1-8-3-4-11(9(2)5-8)16-12-14-6-10(13)7-15-12/h6-9,11H,3-5,13H2,1-2H3,(H,14,15,16). The fourth-order valence-electron chi connectivity index (χ4n) is 2.46. The average Bonchev–Trinajstić information content (AvgIpc) is 2.25. The third kappa shape index (κ3) is 2.62. The molecule has 3 N–H and O–H groups in total. The van der Waals surface area contributed by atoms with Crippen LogP contribution in [0.15, 0.2) is 12.4 Å². The molecule has 3 unspecified atom stereocenters. The van der Waals surface area contributed by atoms with E-state index >= 15 is 0 Å². The van der Waals surface area contributed by atoms with E-state index in [4.69, 9.17) is 5.73 Å². The lowest BCUT2D eigenvalue weighted by Gasteiger charge is -2.33. The van der Waals surface area contributed by atoms with Crippen molar-refractivity contribution in [2.24, 2.45) is 11.8 Å². The van der Waals surface area contributed by atoms with E-state index < -0.39 is 0 Å². The van der Waals surface area contributed by atoms with Gasteiger partial charge in [0.15, 0.2) is 0 Å². The summed E-state index contributed by atoms with van der Waals surface area (Å²) in [5.74, 6) is 2.23. The lowest BCUT2D eigenvalue weighted by Crippen LogP contribution is -2.33. The molecule has 0 aliphatic heterocycles. The van der Waals surface area contributed by atoms with Gasteiger partial charge in [-0.25, -0.2) is 9.97 Å². The Balaban J connectivity index is 1.96. The maximum atomic E-state index is 5.55. The fourth-order valence-corrected chi connectivity index (χ4v) is 2.46. The molecular weight excluding hydrogens is 200 g/mol. The minimum absolute atomic E-state index is 0.500. The Morgan fingerprint density at radius 1 is 1.25 bits per heavy atom. The van der Waals surface area contributed by atoms with Crippen LogP contribution in [-0.4, -0.2) is 16.0 Å². The number of hydrogen-bond acceptors (Lipinski definition) is 4. The van der Waals surface area contributed by atoms with Crippen LogP contribution in [-0.2, 0) is 0 Å². The number of hydrogen-bond donors (Lipinski definition) is 2. The molecule has 16 heavy (non-hydrogen) atoms. The van der Waals surface area contributed by atoms with Crippen LogP contribution in [0.5, 0.6) is 0 Å². The summed E-state index contributed by atoms with van der Waals surface area (Å²) < 4.78 is 0. The molecule has 88 valence electrons. The van der Waals surface area contributed by atoms with Crippen molar-refractivity contribution >= 4 is 11.6 Å². The lowest BCUT2D eigenvalue weighted by molar-refractivity contribution is 0.276. The van der Waals surface area contributed by atoms with E-state index in [1.165, 1.54) is 19.3 Å². The van der Waals surface area contributed by atoms with E-state index in [0.29, 0.717) is 23.6 Å². The highest BCUT2D eigenvalue weighted by molar-refractivity contribution is 5.36. The maximum absolute atomic E-state index is 5.55. The van der Waals surface area contributed by atoms with Crippen LogP contribution >= 0.6 is 0 Å². The highest BCUT2D eigenvalue weighted by Crippen LogP contribution is 2.30. The zero-order valence-corrected chi connectivity index (χ0v) is 9.98. The number of nitrogen functional groups attached to an aromatic ring is 1. The van der Waals surface area contributed by atoms with Gasteiger partial charge in [-0.2, -0.15) is 0 Å². The van der Waals surface area contributed by atoms with Gasteiger partial charge in [-0.1, -0.05) is 13.8 Å². The summed E-state index contributed by atoms with van der Waals surface area (Å²) in [6.45, 7) is 4.62. The predicted molar refractivity (Wildman–Crippen MR) is 66.0 cm³/mol. The Bertz CT molecular complexity index is 335. The van der Waals surface area contributed by atoms with Crippen LogP contribution < -0.4 is 11.1 Å². The minimum atomic E-state index is 0.500. The van der Waals surface area contributed by atoms with Crippen LogP contribution in [0.3, 0.4) is 0 Å². The Morgan fingerprint density at radius 3 is 2.56 bits per heavy atom. The Labute approximate surface area is 96.7 Å². The van der Waals surface area contributed by atoms with Gasteiger partial charge in [0.05, 0.1) is 18.1 Å². The van der Waals surface area contributed by atoms with E-state index in [0.717, 1.165) is 5.92 Å². The first-order valence-corrected chi connectivity index (χ1v) is 5.99. The van der Waals surface area contributed by atoms with E-state index in [2.05, 4.69) is 29.1 Å². The molecule has 4 nitrogen and oxygen atoms in total. The van der Waals surface area contributed by atoms with Crippen molar-refractivity contribution in [1.82, 2.24) is 9.97 Å². The van der Waals surface area contributed by atoms with Gasteiger partial charge in [-0.3, -0.25) is 0 Å². The van der Waals surface area contributed by atoms with E-state index in [9.17, 15) is 0 Å². The SMILES string of the molecule is CC1CCC(Nc2ncc(N)cn2)C(C)C1. The normalized spacial score (nSPS) is 30.0. The van der Waals surface area contributed by atoms with Crippen molar-refractivity contribution < 1.29 is 0 Å². The lowest BCUT2D eigenvalue weighted by atomic mass is 9.80. The molecule has 0 radical (unpaired) electrons. The Morgan fingerprint density at radius 2 is 1.94 bits per heavy atom. The highest BCUT2D eigenvalue weighted by Gasteiger charge is 2.25. The molecule has 1 heterocycles. The number of nitrogens with one attached hydrogen (secondary N) is 1. The van der Waals surface area contributed by atoms with Crippen molar-refractivity contribution in [3.05, 3.63) is 12.4 Å². The maximum Gasteiger partial charge on any atom is 0.222 e. The summed E-state index contributed by atoms with van der Waals surface area (Å²) in [6, 6.07) is 0.500. The van der Waals surface area contributed by atoms with Gasteiger partial charge in [-0.05, 0) is 31.1 Å². The van der Waals surface area contributed by atoms with Crippen molar-refractivity contribution in [3.63, 3.8) is 0 Å². The summed E-state index contributed by atoms with van der Waals surface area (Å²) in [5, 5.41) is 3.40. The zero-order valence-electron chi connectivity index (χ0n) is 9.98. The summed E-state index contributed by atoms with van der Waals surface area (Å²) in [4.78, 5) is 8.36. The average molecular weight is 220 g/mol. The monoisotopic (exact) mass is 220 g/mol. The predicted octanol–water partition coefficient (Wildman–Crippen LogP) is 2.30. The summed E-state index contributed by atoms with van der Waals surface area (Å²) in [7, 11) is 0. The van der Waals surface area contributed by atoms with Gasteiger partial charge in [-0.15, -0.1) is 0 Å². The van der Waals surface area contributed by atoms with Gasteiger partial charge in [0.2, 0.25) is 5.95 Å². The van der Waals surface area contributed by atoms with Crippen LogP contribution in [0.4, 0.5) is 11.6 Å². The highest BCUT2D eigenvalue weighted by atomic mass is 15.1. The largest absolute Gasteiger partial charge is 0.396 e. The van der Waals surface area contributed by atoms with Gasteiger partial charge in [0.25, 0.3) is 0 Å². The fraction of sp³-hybridized carbons (Fsp3) is 0.667. The second-order valence-electron chi connectivity index (χ2n) is 4.99. The first kappa shape index (κ1) is 11.2. The molecule has 0 bridgehead atoms. The molecule has 1 saturated carbocycles. The zero-order chi connectivity index (χ0) is 11.5. The van der Waals surface area contributed by atoms with Gasteiger partial charge in [0.1, 0.15) is 0 Å². The molecule has 1 aliphatic carbocycles. The van der Waals surface area contributed by atoms with Crippen LogP contribution in [0, 0.1) is 11.8 Å². The molecule has 0 spiro atoms. The molecule has 1 fully saturated rings. The van der Waals surface area contributed by atoms with E-state index in [1.807, 2.05) is 0 Å². The number of anilines is 2. The quantitative estimate of drug-likeness (QED) is 0.802. The van der Waals surface area contributed by atoms with Crippen LogP contribution in [0.25, 0.3) is 0 Å². The van der Waals surface area contributed by atoms with Gasteiger partial charge >= 0.3 is 0 Å². The van der Waals surface area contributed by atoms with Gasteiger partial charge < -0.3 is 11.1 Å². The Hall–Kier alpha value is -1.32. The molecule has 4 heteroatoms. The van der Waals surface area contributed by atoms with Crippen molar-refractivity contribution in [3.8, 4) is 0 Å². The summed E-state index contributed by atoms with van der Waals surface area (Å²) in [6.07, 6.45) is 7.07. The number of nitrogens with zero attached hydrogens (tertiary/aromatic N) is 2. The third-order valence-electron chi connectivity index (χ3n) is 3.42. The second-order valence-corrected chi connectivity index (χ2v) is 4.99. The van der Waals surface area contributed by atoms with E-state index in [-0.39, 0.29) is 0 Å². The summed E-state index contributed by atoms with van der Waals surface area (Å²) >= 11 is 0. The molecular formula is C12H20N4. The smallest absolute Gasteiger partial charge is 0.222 e. The van der Waals surface area contributed by atoms with E-state index in [1.54, 1.807) is 12.4 Å². The van der Waals surface area contributed by atoms with Crippen molar-refractivity contribution in [2.45, 2.75) is 39.2 Å². The number of nitrogens with two attached hydrogens (primary N) is 1. The van der Waals surface area contributed by atoms with Crippen LogP contribution in [0.1, 0.15) is 33.1 Å². The topological polar surface area (TPSA) is 63.8 Å². The molecule has 0 aromatic carbocycles. The first-order chi connectivity index (χ1) is 7.65. The first-order valence-electron chi connectivity index (χ1n) is 5.99. The minimum Gasteiger partial charge on any atom is -0.396 e. The second kappa shape index (κ2) is 4.68. The molecule has 1 aromatic heterocycles. The summed E-state index contributed by atoms with van der Waals surface area (Å²) in [5.41, 5.74) is 6.16. The molecule has 1 aliphatic rings. The van der Waals surface area contributed by atoms with Crippen molar-refractivity contribution in [2.75, 3.05) is 11.1 Å². The molecule has 1 aromatic rings. The van der Waals surface area contributed by atoms with Gasteiger partial charge in [0, 0.05) is 6.04 Å². The molecule has 3 atom stereocenters.